The smallest absolute Gasteiger partial charge is 0.413 e. The predicted molar refractivity (Wildman–Crippen MR) is 121 cm³/mol. The molecule has 0 fully saturated rings. The zero-order valence-electron chi connectivity index (χ0n) is 17.2. The topological polar surface area (TPSA) is 95.9 Å². The fraction of sp³-hybridized carbons (Fsp3) is 0.333. The number of carbonyl (C=O) groups excluding carboxylic acids is 1. The summed E-state index contributed by atoms with van der Waals surface area (Å²) in [5.41, 5.74) is 0.721. The molecule has 0 spiro atoms. The Morgan fingerprint density at radius 1 is 1.17 bits per heavy atom. The molecule has 0 radical (unpaired) electrons. The summed E-state index contributed by atoms with van der Waals surface area (Å²) in [5.74, 6) is -1.23. The van der Waals surface area contributed by atoms with E-state index in [1.165, 1.54) is 16.2 Å². The predicted octanol–water partition coefficient (Wildman–Crippen LogP) is 4.37. The van der Waals surface area contributed by atoms with Gasteiger partial charge in [0.25, 0.3) is 0 Å². The number of rotatable bonds is 7. The van der Waals surface area contributed by atoms with Crippen LogP contribution in [0.2, 0.25) is 0 Å². The number of nitrogens with zero attached hydrogens (tertiary/aromatic N) is 1. The molecule has 2 unspecified atom stereocenters. The van der Waals surface area contributed by atoms with Crippen LogP contribution in [0.3, 0.4) is 0 Å². The summed E-state index contributed by atoms with van der Waals surface area (Å²) in [6.45, 7) is 5.60. The first-order valence-electron chi connectivity index (χ1n) is 9.50. The zero-order valence-corrected chi connectivity index (χ0v) is 18.8. The fourth-order valence-corrected chi connectivity index (χ4v) is 5.46. The van der Waals surface area contributed by atoms with Crippen LogP contribution < -0.4 is 9.62 Å². The van der Waals surface area contributed by atoms with Crippen LogP contribution >= 0.6 is 11.3 Å². The van der Waals surface area contributed by atoms with Crippen molar-refractivity contribution >= 4 is 60.2 Å². The highest BCUT2D eigenvalue weighted by molar-refractivity contribution is 7.83. The summed E-state index contributed by atoms with van der Waals surface area (Å²) >= 11 is 1.52. The summed E-state index contributed by atoms with van der Waals surface area (Å²) in [5, 5.41) is 11.4. The molecule has 0 bridgehead atoms. The molecular formula is C21H24N2O5S2. The van der Waals surface area contributed by atoms with Gasteiger partial charge in [0, 0.05) is 32.9 Å². The lowest BCUT2D eigenvalue weighted by Crippen LogP contribution is -2.41. The second kappa shape index (κ2) is 9.11. The molecule has 1 aromatic heterocycles. The Kier molecular flexibility index (Phi) is 6.74. The van der Waals surface area contributed by atoms with E-state index in [2.05, 4.69) is 4.72 Å². The number of anilines is 1. The van der Waals surface area contributed by atoms with Crippen LogP contribution in [-0.4, -0.2) is 41.1 Å². The van der Waals surface area contributed by atoms with E-state index in [1.54, 1.807) is 33.9 Å². The van der Waals surface area contributed by atoms with Gasteiger partial charge in [-0.05, 0) is 37.1 Å². The quantitative estimate of drug-likeness (QED) is 0.560. The lowest BCUT2D eigenvalue weighted by Gasteiger charge is -2.17. The highest BCUT2D eigenvalue weighted by atomic mass is 32.2. The van der Waals surface area contributed by atoms with Crippen molar-refractivity contribution in [3.8, 4) is 0 Å². The number of carbonyl (C=O) groups is 2. The molecule has 2 atom stereocenters. The maximum absolute atomic E-state index is 12.7. The van der Waals surface area contributed by atoms with Gasteiger partial charge in [-0.1, -0.05) is 26.0 Å². The van der Waals surface area contributed by atoms with E-state index in [4.69, 9.17) is 4.74 Å². The number of hydrogen-bond acceptors (Lipinski definition) is 5. The lowest BCUT2D eigenvalue weighted by atomic mass is 10.1. The van der Waals surface area contributed by atoms with Gasteiger partial charge in [-0.3, -0.25) is 9.69 Å². The molecule has 7 nitrogen and oxygen atoms in total. The lowest BCUT2D eigenvalue weighted by molar-refractivity contribution is -0.140. The molecular weight excluding hydrogens is 424 g/mol. The highest BCUT2D eigenvalue weighted by Gasteiger charge is 2.24. The van der Waals surface area contributed by atoms with E-state index in [0.717, 1.165) is 25.9 Å². The minimum atomic E-state index is -1.65. The van der Waals surface area contributed by atoms with Crippen molar-refractivity contribution in [2.24, 2.45) is 5.92 Å². The van der Waals surface area contributed by atoms with Crippen LogP contribution in [0.25, 0.3) is 20.2 Å². The fourth-order valence-electron chi connectivity index (χ4n) is 3.05. The maximum atomic E-state index is 12.7. The highest BCUT2D eigenvalue weighted by Crippen LogP contribution is 2.37. The molecule has 3 rings (SSSR count). The van der Waals surface area contributed by atoms with E-state index >= 15 is 0 Å². The number of carboxylic acid groups (broad SMARTS) is 1. The Balaban J connectivity index is 1.93. The van der Waals surface area contributed by atoms with Crippen molar-refractivity contribution in [3.63, 3.8) is 0 Å². The van der Waals surface area contributed by atoms with Crippen LogP contribution in [0.15, 0.2) is 41.3 Å². The first-order valence-corrected chi connectivity index (χ1v) is 11.5. The molecule has 160 valence electrons. The number of ether oxygens (including phenoxy) is 1. The van der Waals surface area contributed by atoms with Gasteiger partial charge in [0.15, 0.2) is 0 Å². The van der Waals surface area contributed by atoms with Crippen molar-refractivity contribution < 1.29 is 23.6 Å². The number of thiophene rings is 1. The molecule has 0 saturated carbocycles. The average molecular weight is 449 g/mol. The molecule has 3 aromatic rings. The van der Waals surface area contributed by atoms with E-state index in [0.29, 0.717) is 11.5 Å². The Labute approximate surface area is 181 Å². The standard InChI is InChI=1S/C21H24N2O5S2/c1-5-28-21(26)23(4)13-6-8-15-16-9-7-14(11-18(16)29-17(15)10-13)30(27)22-19(12(2)3)20(24)25/h6-12,19,22H,5H2,1-4H3,(H,24,25). The number of amides is 1. The molecule has 0 aliphatic heterocycles. The monoisotopic (exact) mass is 448 g/mol. The van der Waals surface area contributed by atoms with E-state index in [1.807, 2.05) is 30.3 Å². The van der Waals surface area contributed by atoms with Crippen LogP contribution in [0.4, 0.5) is 10.5 Å². The Hall–Kier alpha value is -2.49. The number of carboxylic acids is 1. The number of fused-ring (bicyclic) bond motifs is 3. The Morgan fingerprint density at radius 3 is 2.40 bits per heavy atom. The number of hydrogen-bond donors (Lipinski definition) is 2. The molecule has 30 heavy (non-hydrogen) atoms. The molecule has 0 aliphatic rings. The van der Waals surface area contributed by atoms with Gasteiger partial charge in [0.2, 0.25) is 0 Å². The van der Waals surface area contributed by atoms with Gasteiger partial charge in [-0.25, -0.2) is 13.7 Å². The normalized spacial score (nSPS) is 13.5. The maximum Gasteiger partial charge on any atom is 0.413 e. The molecule has 9 heteroatoms. The molecule has 0 saturated heterocycles. The van der Waals surface area contributed by atoms with Gasteiger partial charge in [0.05, 0.1) is 11.5 Å². The minimum Gasteiger partial charge on any atom is -0.480 e. The minimum absolute atomic E-state index is 0.200. The van der Waals surface area contributed by atoms with Crippen LogP contribution in [0, 0.1) is 5.92 Å². The third-order valence-corrected chi connectivity index (χ3v) is 7.00. The first-order chi connectivity index (χ1) is 14.2. The van der Waals surface area contributed by atoms with E-state index < -0.39 is 29.1 Å². The zero-order chi connectivity index (χ0) is 22.0. The number of nitrogens with one attached hydrogen (secondary N) is 1. The largest absolute Gasteiger partial charge is 0.480 e. The van der Waals surface area contributed by atoms with Gasteiger partial charge >= 0.3 is 12.1 Å². The molecule has 1 heterocycles. The SMILES string of the molecule is CCOC(=O)N(C)c1ccc2c(c1)sc1cc(S(=O)NC(C(=O)O)C(C)C)ccc12. The second-order valence-electron chi connectivity index (χ2n) is 7.14. The third-order valence-electron chi connectivity index (χ3n) is 4.74. The summed E-state index contributed by atoms with van der Waals surface area (Å²) in [4.78, 5) is 25.3. The number of aliphatic carboxylic acids is 1. The first kappa shape index (κ1) is 22.2. The van der Waals surface area contributed by atoms with Gasteiger partial charge in [-0.15, -0.1) is 11.3 Å². The Bertz CT molecular complexity index is 1130. The van der Waals surface area contributed by atoms with E-state index in [-0.39, 0.29) is 5.92 Å². The van der Waals surface area contributed by atoms with Crippen molar-refractivity contribution in [2.45, 2.75) is 31.7 Å². The van der Waals surface area contributed by atoms with Crippen molar-refractivity contribution in [1.82, 2.24) is 4.72 Å². The third kappa shape index (κ3) is 4.48. The molecule has 2 N–H and O–H groups in total. The van der Waals surface area contributed by atoms with Crippen molar-refractivity contribution in [3.05, 3.63) is 36.4 Å². The summed E-state index contributed by atoms with van der Waals surface area (Å²) in [7, 11) is 0.0135. The molecule has 2 aromatic carbocycles. The van der Waals surface area contributed by atoms with Gasteiger partial charge in [-0.2, -0.15) is 0 Å². The second-order valence-corrected chi connectivity index (χ2v) is 9.47. The summed E-state index contributed by atoms with van der Waals surface area (Å²) < 4.78 is 22.3. The Morgan fingerprint density at radius 2 is 1.80 bits per heavy atom. The number of benzene rings is 2. The molecule has 1 amide bonds. The van der Waals surface area contributed by atoms with E-state index in [9.17, 15) is 18.9 Å². The summed E-state index contributed by atoms with van der Waals surface area (Å²) in [6.07, 6.45) is -0.417. The average Bonchev–Trinajstić information content (AvgIpc) is 3.07. The van der Waals surface area contributed by atoms with Gasteiger partial charge in [0.1, 0.15) is 17.0 Å². The van der Waals surface area contributed by atoms with Crippen LogP contribution in [0.5, 0.6) is 0 Å². The summed E-state index contributed by atoms with van der Waals surface area (Å²) in [6, 6.07) is 10.3. The van der Waals surface area contributed by atoms with Crippen LogP contribution in [0.1, 0.15) is 20.8 Å². The molecule has 0 aliphatic carbocycles. The van der Waals surface area contributed by atoms with Gasteiger partial charge < -0.3 is 9.84 Å². The van der Waals surface area contributed by atoms with Crippen LogP contribution in [-0.2, 0) is 20.5 Å². The van der Waals surface area contributed by atoms with Crippen molar-refractivity contribution in [1.29, 1.82) is 0 Å². The van der Waals surface area contributed by atoms with Crippen molar-refractivity contribution in [2.75, 3.05) is 18.6 Å².